The normalized spacial score (nSPS) is 16.4. The molecule has 1 saturated heterocycles. The van der Waals surface area contributed by atoms with Crippen LogP contribution in [0.1, 0.15) is 23.1 Å². The summed E-state index contributed by atoms with van der Waals surface area (Å²) in [5.41, 5.74) is 3.67. The number of benzene rings is 2. The molecule has 0 radical (unpaired) electrons. The van der Waals surface area contributed by atoms with Crippen molar-refractivity contribution in [1.82, 2.24) is 9.80 Å². The van der Waals surface area contributed by atoms with Crippen molar-refractivity contribution < 1.29 is 4.79 Å². The molecule has 2 aromatic rings. The van der Waals surface area contributed by atoms with E-state index in [9.17, 15) is 4.79 Å². The van der Waals surface area contributed by atoms with Crippen LogP contribution < -0.4 is 0 Å². The van der Waals surface area contributed by atoms with Crippen LogP contribution in [0.4, 0.5) is 0 Å². The molecule has 0 bridgehead atoms. The molecule has 1 aliphatic rings. The summed E-state index contributed by atoms with van der Waals surface area (Å²) in [6.45, 7) is 6.26. The van der Waals surface area contributed by atoms with Gasteiger partial charge in [-0.3, -0.25) is 9.69 Å². The summed E-state index contributed by atoms with van der Waals surface area (Å²) in [6, 6.07) is 18.8. The van der Waals surface area contributed by atoms with Gasteiger partial charge in [-0.05, 0) is 18.1 Å². The molecule has 3 nitrogen and oxygen atoms in total. The molecule has 0 saturated carbocycles. The van der Waals surface area contributed by atoms with Crippen molar-refractivity contribution in [3.05, 3.63) is 77.4 Å². The molecule has 0 aromatic heterocycles. The van der Waals surface area contributed by atoms with Gasteiger partial charge in [-0.2, -0.15) is 0 Å². The molecule has 1 aliphatic heterocycles. The van der Waals surface area contributed by atoms with Crippen molar-refractivity contribution in [2.24, 2.45) is 0 Å². The lowest BCUT2D eigenvalue weighted by atomic mass is 10.1. The first-order valence-corrected chi connectivity index (χ1v) is 8.98. The number of nitrogens with zero attached hydrogens (tertiary/aromatic N) is 2. The number of hydrogen-bond acceptors (Lipinski definition) is 2. The predicted molar refractivity (Wildman–Crippen MR) is 103 cm³/mol. The SMILES string of the molecule is Cc1cccc(CN2CCN(C/C=C/c3ccccc3)CCC2=O)c1. The highest BCUT2D eigenvalue weighted by molar-refractivity contribution is 5.76. The first kappa shape index (κ1) is 17.4. The van der Waals surface area contributed by atoms with Crippen molar-refractivity contribution in [3.63, 3.8) is 0 Å². The third-order valence-corrected chi connectivity index (χ3v) is 4.61. The van der Waals surface area contributed by atoms with Gasteiger partial charge in [0.1, 0.15) is 0 Å². The first-order valence-electron chi connectivity index (χ1n) is 8.98. The van der Waals surface area contributed by atoms with E-state index in [1.807, 2.05) is 23.1 Å². The fraction of sp³-hybridized carbons (Fsp3) is 0.318. The highest BCUT2D eigenvalue weighted by atomic mass is 16.2. The van der Waals surface area contributed by atoms with Gasteiger partial charge in [-0.1, -0.05) is 72.3 Å². The Morgan fingerprint density at radius 3 is 2.64 bits per heavy atom. The summed E-state index contributed by atoms with van der Waals surface area (Å²) in [4.78, 5) is 16.8. The van der Waals surface area contributed by atoms with Gasteiger partial charge >= 0.3 is 0 Å². The van der Waals surface area contributed by atoms with Crippen LogP contribution in [0.2, 0.25) is 0 Å². The second-order valence-electron chi connectivity index (χ2n) is 6.67. The maximum Gasteiger partial charge on any atom is 0.224 e. The van der Waals surface area contributed by atoms with Gasteiger partial charge in [0.25, 0.3) is 0 Å². The minimum atomic E-state index is 0.260. The smallest absolute Gasteiger partial charge is 0.224 e. The van der Waals surface area contributed by atoms with Crippen LogP contribution in [0, 0.1) is 6.92 Å². The monoisotopic (exact) mass is 334 g/mol. The van der Waals surface area contributed by atoms with Gasteiger partial charge in [0, 0.05) is 39.1 Å². The number of carbonyl (C=O) groups is 1. The Morgan fingerprint density at radius 2 is 1.84 bits per heavy atom. The standard InChI is InChI=1S/C22H26N2O/c1-19-7-5-10-21(17-19)18-24-16-15-23(14-12-22(24)25)13-6-11-20-8-3-2-4-9-20/h2-11,17H,12-16,18H2,1H3/b11-6+. The Bertz CT molecular complexity index is 724. The van der Waals surface area contributed by atoms with E-state index >= 15 is 0 Å². The summed E-state index contributed by atoms with van der Waals surface area (Å²) >= 11 is 0. The van der Waals surface area contributed by atoms with Gasteiger partial charge in [0.05, 0.1) is 0 Å². The van der Waals surface area contributed by atoms with Crippen LogP contribution in [0.5, 0.6) is 0 Å². The molecule has 1 heterocycles. The molecule has 0 N–H and O–H groups in total. The minimum Gasteiger partial charge on any atom is -0.337 e. The van der Waals surface area contributed by atoms with E-state index in [1.54, 1.807) is 0 Å². The highest BCUT2D eigenvalue weighted by Gasteiger charge is 2.20. The fourth-order valence-electron chi connectivity index (χ4n) is 3.19. The van der Waals surface area contributed by atoms with Crippen molar-refractivity contribution >= 4 is 12.0 Å². The van der Waals surface area contributed by atoms with Crippen LogP contribution in [0.25, 0.3) is 6.08 Å². The molecule has 0 aliphatic carbocycles. The van der Waals surface area contributed by atoms with Crippen LogP contribution in [0.15, 0.2) is 60.7 Å². The molecule has 0 spiro atoms. The van der Waals surface area contributed by atoms with Crippen LogP contribution in [0.3, 0.4) is 0 Å². The number of aryl methyl sites for hydroxylation is 1. The maximum absolute atomic E-state index is 12.4. The highest BCUT2D eigenvalue weighted by Crippen LogP contribution is 2.12. The Kier molecular flexibility index (Phi) is 6.02. The fourth-order valence-corrected chi connectivity index (χ4v) is 3.19. The topological polar surface area (TPSA) is 23.6 Å². The van der Waals surface area contributed by atoms with Crippen LogP contribution in [-0.4, -0.2) is 41.9 Å². The molecule has 0 unspecified atom stereocenters. The van der Waals surface area contributed by atoms with Crippen molar-refractivity contribution in [3.8, 4) is 0 Å². The Hall–Kier alpha value is -2.39. The van der Waals surface area contributed by atoms with Crippen LogP contribution >= 0.6 is 0 Å². The van der Waals surface area contributed by atoms with Gasteiger partial charge < -0.3 is 4.90 Å². The van der Waals surface area contributed by atoms with Crippen molar-refractivity contribution in [2.75, 3.05) is 26.2 Å². The zero-order valence-electron chi connectivity index (χ0n) is 14.9. The average molecular weight is 334 g/mol. The van der Waals surface area contributed by atoms with E-state index in [1.165, 1.54) is 16.7 Å². The van der Waals surface area contributed by atoms with E-state index in [0.29, 0.717) is 13.0 Å². The van der Waals surface area contributed by atoms with Crippen molar-refractivity contribution in [2.45, 2.75) is 19.9 Å². The Labute approximate surface area is 150 Å². The minimum absolute atomic E-state index is 0.260. The summed E-state index contributed by atoms with van der Waals surface area (Å²) in [6.07, 6.45) is 4.94. The van der Waals surface area contributed by atoms with E-state index in [-0.39, 0.29) is 5.91 Å². The molecule has 130 valence electrons. The van der Waals surface area contributed by atoms with Gasteiger partial charge in [0.2, 0.25) is 5.91 Å². The largest absolute Gasteiger partial charge is 0.337 e. The quantitative estimate of drug-likeness (QED) is 0.831. The lowest BCUT2D eigenvalue weighted by Gasteiger charge is -2.21. The molecule has 3 heteroatoms. The third kappa shape index (κ3) is 5.30. The molecule has 3 rings (SSSR count). The van der Waals surface area contributed by atoms with Crippen molar-refractivity contribution in [1.29, 1.82) is 0 Å². The summed E-state index contributed by atoms with van der Waals surface area (Å²) < 4.78 is 0. The average Bonchev–Trinajstić information content (AvgIpc) is 2.79. The van der Waals surface area contributed by atoms with E-state index in [2.05, 4.69) is 60.4 Å². The lowest BCUT2D eigenvalue weighted by Crippen LogP contribution is -2.32. The Morgan fingerprint density at radius 1 is 1.00 bits per heavy atom. The zero-order valence-corrected chi connectivity index (χ0v) is 14.9. The number of hydrogen-bond donors (Lipinski definition) is 0. The summed E-state index contributed by atoms with van der Waals surface area (Å²) in [5, 5.41) is 0. The molecule has 1 fully saturated rings. The van der Waals surface area contributed by atoms with E-state index in [4.69, 9.17) is 0 Å². The zero-order chi connectivity index (χ0) is 17.5. The second-order valence-corrected chi connectivity index (χ2v) is 6.67. The number of carbonyl (C=O) groups excluding carboxylic acids is 1. The Balaban J connectivity index is 1.54. The molecular formula is C22H26N2O. The van der Waals surface area contributed by atoms with Crippen LogP contribution in [-0.2, 0) is 11.3 Å². The molecule has 1 amide bonds. The third-order valence-electron chi connectivity index (χ3n) is 4.61. The predicted octanol–water partition coefficient (Wildman–Crippen LogP) is 3.74. The summed E-state index contributed by atoms with van der Waals surface area (Å²) in [5.74, 6) is 0.260. The first-order chi connectivity index (χ1) is 12.2. The number of amides is 1. The van der Waals surface area contributed by atoms with Gasteiger partial charge in [-0.15, -0.1) is 0 Å². The lowest BCUT2D eigenvalue weighted by molar-refractivity contribution is -0.130. The number of rotatable bonds is 5. The maximum atomic E-state index is 12.4. The second kappa shape index (κ2) is 8.63. The summed E-state index contributed by atoms with van der Waals surface area (Å²) in [7, 11) is 0. The van der Waals surface area contributed by atoms with E-state index in [0.717, 1.165) is 26.2 Å². The molecule has 25 heavy (non-hydrogen) atoms. The molecule has 2 aromatic carbocycles. The molecular weight excluding hydrogens is 308 g/mol. The van der Waals surface area contributed by atoms with E-state index < -0.39 is 0 Å². The van der Waals surface area contributed by atoms with Gasteiger partial charge in [-0.25, -0.2) is 0 Å². The molecule has 0 atom stereocenters. The van der Waals surface area contributed by atoms with Gasteiger partial charge in [0.15, 0.2) is 0 Å².